The Bertz CT molecular complexity index is 571. The van der Waals surface area contributed by atoms with Gasteiger partial charge in [-0.25, -0.2) is 4.79 Å². The van der Waals surface area contributed by atoms with E-state index in [4.69, 9.17) is 4.74 Å². The van der Waals surface area contributed by atoms with Crippen molar-refractivity contribution in [3.8, 4) is 0 Å². The molecule has 0 aromatic heterocycles. The summed E-state index contributed by atoms with van der Waals surface area (Å²) in [5, 5.41) is 2.72. The molecule has 2 rings (SSSR count). The smallest absolute Gasteiger partial charge is 0.408 e. The number of hydrogen-bond donors (Lipinski definition) is 1. The number of fused-ring (bicyclic) bond motifs is 1. The van der Waals surface area contributed by atoms with Crippen molar-refractivity contribution < 1.29 is 19.1 Å². The molecule has 0 aromatic carbocycles. The molecule has 6 heteroatoms. The van der Waals surface area contributed by atoms with Crippen molar-refractivity contribution in [1.82, 2.24) is 10.2 Å². The number of carbonyl (C=O) groups excluding carboxylic acids is 3. The third kappa shape index (κ3) is 3.82. The third-order valence-electron chi connectivity index (χ3n) is 5.46. The standard InChI is InChI=1S/C19H32N2O4/c1-17(2,3)14(20-16(24)25-18(4,5)6)15(23)21-9-11-13(12(21)10-22)19(11,7)8/h10-14H,9H2,1-8H3,(H,20,24)/t11-,12+,13-,14+/m0/s1. The zero-order valence-electron chi connectivity index (χ0n) is 16.7. The van der Waals surface area contributed by atoms with Gasteiger partial charge in [-0.1, -0.05) is 34.6 Å². The fourth-order valence-electron chi connectivity index (χ4n) is 3.98. The molecular weight excluding hydrogens is 320 g/mol. The van der Waals surface area contributed by atoms with Crippen LogP contribution in [0.2, 0.25) is 0 Å². The maximum absolute atomic E-state index is 13.1. The van der Waals surface area contributed by atoms with Crippen LogP contribution in [0.15, 0.2) is 0 Å². The van der Waals surface area contributed by atoms with Gasteiger partial charge in [-0.05, 0) is 43.4 Å². The number of hydrogen-bond acceptors (Lipinski definition) is 4. The number of alkyl carbamates (subject to hydrolysis) is 1. The Labute approximate surface area is 150 Å². The molecule has 1 heterocycles. The summed E-state index contributed by atoms with van der Waals surface area (Å²) in [4.78, 5) is 38.6. The van der Waals surface area contributed by atoms with Crippen LogP contribution in [0.1, 0.15) is 55.4 Å². The lowest BCUT2D eigenvalue weighted by Gasteiger charge is -2.36. The molecule has 1 aliphatic carbocycles. The van der Waals surface area contributed by atoms with Gasteiger partial charge in [-0.15, -0.1) is 0 Å². The van der Waals surface area contributed by atoms with Crippen LogP contribution in [0.5, 0.6) is 0 Å². The second-order valence-electron chi connectivity index (χ2n) is 10.0. The number of likely N-dealkylation sites (tertiary alicyclic amines) is 1. The summed E-state index contributed by atoms with van der Waals surface area (Å²) in [7, 11) is 0. The highest BCUT2D eigenvalue weighted by Crippen LogP contribution is 2.64. The van der Waals surface area contributed by atoms with Gasteiger partial charge in [0.15, 0.2) is 0 Å². The summed E-state index contributed by atoms with van der Waals surface area (Å²) in [5.41, 5.74) is -1.03. The number of nitrogens with one attached hydrogen (secondary N) is 1. The second-order valence-corrected chi connectivity index (χ2v) is 10.0. The highest BCUT2D eigenvalue weighted by Gasteiger charge is 2.68. The number of rotatable bonds is 3. The molecule has 0 unspecified atom stereocenters. The van der Waals surface area contributed by atoms with Crippen LogP contribution in [0.4, 0.5) is 4.79 Å². The van der Waals surface area contributed by atoms with Crippen molar-refractivity contribution in [2.45, 2.75) is 73.1 Å². The zero-order valence-corrected chi connectivity index (χ0v) is 16.7. The summed E-state index contributed by atoms with van der Waals surface area (Å²) in [6.45, 7) is 15.9. The lowest BCUT2D eigenvalue weighted by Crippen LogP contribution is -2.57. The molecule has 1 aliphatic heterocycles. The van der Waals surface area contributed by atoms with Crippen LogP contribution in [0.25, 0.3) is 0 Å². The van der Waals surface area contributed by atoms with Crippen LogP contribution in [0.3, 0.4) is 0 Å². The number of amides is 2. The largest absolute Gasteiger partial charge is 0.444 e. The average molecular weight is 352 g/mol. The van der Waals surface area contributed by atoms with Gasteiger partial charge < -0.3 is 19.7 Å². The van der Waals surface area contributed by atoms with Crippen molar-refractivity contribution in [3.63, 3.8) is 0 Å². The van der Waals surface area contributed by atoms with Crippen LogP contribution in [-0.2, 0) is 14.3 Å². The number of nitrogens with zero attached hydrogens (tertiary/aromatic N) is 1. The Balaban J connectivity index is 2.15. The molecule has 1 saturated heterocycles. The minimum absolute atomic E-state index is 0.109. The highest BCUT2D eigenvalue weighted by atomic mass is 16.6. The van der Waals surface area contributed by atoms with E-state index in [0.29, 0.717) is 12.5 Å². The van der Waals surface area contributed by atoms with E-state index in [-0.39, 0.29) is 17.2 Å². The van der Waals surface area contributed by atoms with Crippen molar-refractivity contribution in [2.75, 3.05) is 6.54 Å². The number of piperidine rings is 1. The summed E-state index contributed by atoms with van der Waals surface area (Å²) < 4.78 is 5.30. The number of carbonyl (C=O) groups is 3. The first kappa shape index (κ1) is 19.7. The van der Waals surface area contributed by atoms with Crippen molar-refractivity contribution in [1.29, 1.82) is 0 Å². The molecule has 0 radical (unpaired) electrons. The average Bonchev–Trinajstić information content (AvgIpc) is 2.81. The summed E-state index contributed by atoms with van der Waals surface area (Å²) in [6, 6.07) is -1.15. The van der Waals surface area contributed by atoms with Gasteiger partial charge in [0.25, 0.3) is 0 Å². The van der Waals surface area contributed by atoms with Crippen molar-refractivity contribution >= 4 is 18.3 Å². The first-order chi connectivity index (χ1) is 11.2. The summed E-state index contributed by atoms with van der Waals surface area (Å²) in [6.07, 6.45) is 0.262. The first-order valence-corrected chi connectivity index (χ1v) is 8.95. The highest BCUT2D eigenvalue weighted by molar-refractivity contribution is 5.89. The monoisotopic (exact) mass is 352 g/mol. The van der Waals surface area contributed by atoms with Gasteiger partial charge in [0.05, 0.1) is 6.04 Å². The second kappa shape index (κ2) is 5.99. The van der Waals surface area contributed by atoms with Crippen molar-refractivity contribution in [2.24, 2.45) is 22.7 Å². The Kier molecular flexibility index (Phi) is 4.73. The fourth-order valence-corrected chi connectivity index (χ4v) is 3.98. The molecule has 1 saturated carbocycles. The molecule has 6 nitrogen and oxygen atoms in total. The van der Waals surface area contributed by atoms with Gasteiger partial charge in [0.2, 0.25) is 5.91 Å². The Morgan fingerprint density at radius 1 is 1.20 bits per heavy atom. The molecule has 4 atom stereocenters. The minimum atomic E-state index is -0.745. The lowest BCUT2D eigenvalue weighted by molar-refractivity contribution is -0.140. The van der Waals surface area contributed by atoms with Gasteiger partial charge in [0, 0.05) is 6.54 Å². The SMILES string of the molecule is CC(C)(C)OC(=O)N[C@H](C(=O)N1C[C@H]2[C@@H]([C@H]1C=O)C2(C)C)C(C)(C)C. The number of ether oxygens (including phenoxy) is 1. The molecule has 142 valence electrons. The minimum Gasteiger partial charge on any atom is -0.444 e. The fraction of sp³-hybridized carbons (Fsp3) is 0.842. The normalized spacial score (nSPS) is 28.8. The number of aldehydes is 1. The molecule has 0 aromatic rings. The maximum Gasteiger partial charge on any atom is 0.408 e. The summed E-state index contributed by atoms with van der Waals surface area (Å²) >= 11 is 0. The van der Waals surface area contributed by atoms with Gasteiger partial charge >= 0.3 is 6.09 Å². The Morgan fingerprint density at radius 2 is 1.76 bits per heavy atom. The predicted molar refractivity (Wildman–Crippen MR) is 94.9 cm³/mol. The van der Waals surface area contributed by atoms with Gasteiger partial charge in [0.1, 0.15) is 17.9 Å². The summed E-state index contributed by atoms with van der Waals surface area (Å²) in [5.74, 6) is 0.364. The van der Waals surface area contributed by atoms with E-state index < -0.39 is 29.2 Å². The van der Waals surface area contributed by atoms with E-state index >= 15 is 0 Å². The van der Waals surface area contributed by atoms with Crippen LogP contribution >= 0.6 is 0 Å². The molecule has 1 N–H and O–H groups in total. The van der Waals surface area contributed by atoms with E-state index in [1.807, 2.05) is 20.8 Å². The van der Waals surface area contributed by atoms with E-state index in [1.54, 1.807) is 25.7 Å². The molecule has 0 spiro atoms. The topological polar surface area (TPSA) is 75.7 Å². The zero-order chi connectivity index (χ0) is 19.4. The van der Waals surface area contributed by atoms with E-state index in [2.05, 4.69) is 19.2 Å². The van der Waals surface area contributed by atoms with Crippen LogP contribution < -0.4 is 5.32 Å². The molecule has 2 amide bonds. The Morgan fingerprint density at radius 3 is 2.20 bits per heavy atom. The molecular formula is C19H32N2O4. The van der Waals surface area contributed by atoms with Gasteiger partial charge in [-0.2, -0.15) is 0 Å². The molecule has 0 bridgehead atoms. The molecule has 2 fully saturated rings. The molecule has 2 aliphatic rings. The molecule has 25 heavy (non-hydrogen) atoms. The van der Waals surface area contributed by atoms with Gasteiger partial charge in [-0.3, -0.25) is 4.79 Å². The van der Waals surface area contributed by atoms with E-state index in [0.717, 1.165) is 6.29 Å². The van der Waals surface area contributed by atoms with Crippen LogP contribution in [0, 0.1) is 22.7 Å². The van der Waals surface area contributed by atoms with E-state index in [1.165, 1.54) is 0 Å². The Hall–Kier alpha value is -1.59. The predicted octanol–water partition coefficient (Wildman–Crippen LogP) is 2.61. The van der Waals surface area contributed by atoms with E-state index in [9.17, 15) is 14.4 Å². The lowest BCUT2D eigenvalue weighted by atomic mass is 9.85. The van der Waals surface area contributed by atoms with Crippen molar-refractivity contribution in [3.05, 3.63) is 0 Å². The third-order valence-corrected chi connectivity index (χ3v) is 5.46. The first-order valence-electron chi connectivity index (χ1n) is 8.95. The quantitative estimate of drug-likeness (QED) is 0.792. The van der Waals surface area contributed by atoms with Crippen LogP contribution in [-0.4, -0.2) is 47.4 Å². The maximum atomic E-state index is 13.1.